The van der Waals surface area contributed by atoms with Gasteiger partial charge in [-0.05, 0) is 43.5 Å². The van der Waals surface area contributed by atoms with Gasteiger partial charge in [0.2, 0.25) is 15.9 Å². The Morgan fingerprint density at radius 2 is 2.05 bits per heavy atom. The SMILES string of the molecule is CS(=O)(=O)Nc1cccc(NC(=O)C2CCCC2CN)c1. The molecular weight excluding hydrogens is 290 g/mol. The third-order valence-electron chi connectivity index (χ3n) is 3.73. The molecule has 2 rings (SSSR count). The van der Waals surface area contributed by atoms with Crippen molar-refractivity contribution < 1.29 is 13.2 Å². The first-order chi connectivity index (χ1) is 9.89. The Balaban J connectivity index is 2.06. The molecule has 2 atom stereocenters. The van der Waals surface area contributed by atoms with Gasteiger partial charge < -0.3 is 11.1 Å². The summed E-state index contributed by atoms with van der Waals surface area (Å²) >= 11 is 0. The molecule has 1 saturated carbocycles. The Bertz CT molecular complexity index is 616. The van der Waals surface area contributed by atoms with Gasteiger partial charge in [0.25, 0.3) is 0 Å². The van der Waals surface area contributed by atoms with Crippen LogP contribution in [0.3, 0.4) is 0 Å². The van der Waals surface area contributed by atoms with E-state index in [2.05, 4.69) is 10.0 Å². The molecule has 0 heterocycles. The van der Waals surface area contributed by atoms with E-state index in [0.717, 1.165) is 25.5 Å². The summed E-state index contributed by atoms with van der Waals surface area (Å²) in [6.45, 7) is 0.522. The molecule has 0 aliphatic heterocycles. The second kappa shape index (κ2) is 6.44. The fourth-order valence-corrected chi connectivity index (χ4v) is 3.33. The van der Waals surface area contributed by atoms with Gasteiger partial charge >= 0.3 is 0 Å². The van der Waals surface area contributed by atoms with Crippen LogP contribution < -0.4 is 15.8 Å². The fourth-order valence-electron chi connectivity index (χ4n) is 2.77. The minimum Gasteiger partial charge on any atom is -0.330 e. The smallest absolute Gasteiger partial charge is 0.229 e. The molecule has 6 nitrogen and oxygen atoms in total. The molecule has 1 aliphatic rings. The number of hydrogen-bond acceptors (Lipinski definition) is 4. The highest BCUT2D eigenvalue weighted by atomic mass is 32.2. The summed E-state index contributed by atoms with van der Waals surface area (Å²) in [5.41, 5.74) is 6.70. The van der Waals surface area contributed by atoms with E-state index >= 15 is 0 Å². The zero-order valence-corrected chi connectivity index (χ0v) is 12.8. The Morgan fingerprint density at radius 1 is 1.33 bits per heavy atom. The van der Waals surface area contributed by atoms with Gasteiger partial charge in [0.15, 0.2) is 0 Å². The van der Waals surface area contributed by atoms with E-state index in [0.29, 0.717) is 17.9 Å². The number of amides is 1. The molecule has 0 saturated heterocycles. The van der Waals surface area contributed by atoms with E-state index in [1.54, 1.807) is 24.3 Å². The van der Waals surface area contributed by atoms with Crippen molar-refractivity contribution in [2.45, 2.75) is 19.3 Å². The molecule has 1 aromatic carbocycles. The van der Waals surface area contributed by atoms with Gasteiger partial charge in [0.1, 0.15) is 0 Å². The summed E-state index contributed by atoms with van der Waals surface area (Å²) in [4.78, 5) is 12.3. The van der Waals surface area contributed by atoms with Crippen molar-refractivity contribution in [1.82, 2.24) is 0 Å². The van der Waals surface area contributed by atoms with E-state index in [9.17, 15) is 13.2 Å². The lowest BCUT2D eigenvalue weighted by Crippen LogP contribution is -2.29. The number of carbonyl (C=O) groups is 1. The lowest BCUT2D eigenvalue weighted by Gasteiger charge is -2.17. The van der Waals surface area contributed by atoms with Gasteiger partial charge in [0, 0.05) is 11.6 Å². The molecule has 0 aromatic heterocycles. The number of sulfonamides is 1. The number of benzene rings is 1. The third kappa shape index (κ3) is 4.44. The van der Waals surface area contributed by atoms with Gasteiger partial charge in [0.05, 0.1) is 11.9 Å². The lowest BCUT2D eigenvalue weighted by molar-refractivity contribution is -0.120. The molecule has 1 amide bonds. The molecule has 0 radical (unpaired) electrons. The first-order valence-corrected chi connectivity index (χ1v) is 8.87. The van der Waals surface area contributed by atoms with Gasteiger partial charge in [-0.2, -0.15) is 0 Å². The molecule has 4 N–H and O–H groups in total. The van der Waals surface area contributed by atoms with E-state index in [4.69, 9.17) is 5.73 Å². The van der Waals surface area contributed by atoms with Crippen molar-refractivity contribution in [1.29, 1.82) is 0 Å². The zero-order valence-electron chi connectivity index (χ0n) is 12.0. The van der Waals surface area contributed by atoms with E-state index in [1.807, 2.05) is 0 Å². The lowest BCUT2D eigenvalue weighted by atomic mass is 9.95. The summed E-state index contributed by atoms with van der Waals surface area (Å²) in [6, 6.07) is 6.66. The first-order valence-electron chi connectivity index (χ1n) is 6.98. The molecule has 116 valence electrons. The summed E-state index contributed by atoms with van der Waals surface area (Å²) in [7, 11) is -3.33. The van der Waals surface area contributed by atoms with Crippen LogP contribution in [0.25, 0.3) is 0 Å². The van der Waals surface area contributed by atoms with Crippen LogP contribution in [-0.4, -0.2) is 27.1 Å². The van der Waals surface area contributed by atoms with Crippen molar-refractivity contribution in [2.24, 2.45) is 17.6 Å². The highest BCUT2D eigenvalue weighted by Crippen LogP contribution is 2.32. The van der Waals surface area contributed by atoms with Crippen LogP contribution in [0, 0.1) is 11.8 Å². The van der Waals surface area contributed by atoms with Crippen molar-refractivity contribution in [2.75, 3.05) is 22.8 Å². The monoisotopic (exact) mass is 311 g/mol. The van der Waals surface area contributed by atoms with Crippen molar-refractivity contribution in [3.8, 4) is 0 Å². The number of nitrogens with one attached hydrogen (secondary N) is 2. The number of carbonyl (C=O) groups excluding carboxylic acids is 1. The molecule has 0 spiro atoms. The average molecular weight is 311 g/mol. The minimum atomic E-state index is -3.33. The number of hydrogen-bond donors (Lipinski definition) is 3. The van der Waals surface area contributed by atoms with Crippen LogP contribution in [0.15, 0.2) is 24.3 Å². The molecule has 7 heteroatoms. The van der Waals surface area contributed by atoms with Crippen LogP contribution in [0.1, 0.15) is 19.3 Å². The summed E-state index contributed by atoms with van der Waals surface area (Å²) in [5, 5.41) is 2.85. The normalized spacial score (nSPS) is 22.0. The largest absolute Gasteiger partial charge is 0.330 e. The van der Waals surface area contributed by atoms with Gasteiger partial charge in [-0.3, -0.25) is 9.52 Å². The predicted molar refractivity (Wildman–Crippen MR) is 83.4 cm³/mol. The topological polar surface area (TPSA) is 101 Å². The molecule has 0 bridgehead atoms. The molecular formula is C14H21N3O3S. The summed E-state index contributed by atoms with van der Waals surface area (Å²) in [5.74, 6) is 0.142. The molecule has 21 heavy (non-hydrogen) atoms. The number of rotatable bonds is 5. The zero-order chi connectivity index (χ0) is 15.5. The van der Waals surface area contributed by atoms with Crippen LogP contribution >= 0.6 is 0 Å². The molecule has 1 aromatic rings. The standard InChI is InChI=1S/C14H21N3O3S/c1-21(19,20)17-12-6-3-5-11(8-12)16-14(18)13-7-2-4-10(13)9-15/h3,5-6,8,10,13,17H,2,4,7,9,15H2,1H3,(H,16,18). The van der Waals surface area contributed by atoms with Crippen LogP contribution in [0.2, 0.25) is 0 Å². The van der Waals surface area contributed by atoms with Crippen molar-refractivity contribution >= 4 is 27.3 Å². The maximum absolute atomic E-state index is 12.3. The second-order valence-electron chi connectivity index (χ2n) is 5.48. The van der Waals surface area contributed by atoms with Gasteiger partial charge in [-0.25, -0.2) is 8.42 Å². The number of anilines is 2. The molecule has 2 unspecified atom stereocenters. The summed E-state index contributed by atoms with van der Waals surface area (Å²) < 4.78 is 24.8. The Kier molecular flexibility index (Phi) is 4.84. The molecule has 1 fully saturated rings. The van der Waals surface area contributed by atoms with Crippen molar-refractivity contribution in [3.05, 3.63) is 24.3 Å². The van der Waals surface area contributed by atoms with Crippen LogP contribution in [-0.2, 0) is 14.8 Å². The van der Waals surface area contributed by atoms with E-state index < -0.39 is 10.0 Å². The van der Waals surface area contributed by atoms with Gasteiger partial charge in [-0.15, -0.1) is 0 Å². The molecule has 1 aliphatic carbocycles. The minimum absolute atomic E-state index is 0.0422. The highest BCUT2D eigenvalue weighted by Gasteiger charge is 2.31. The quantitative estimate of drug-likeness (QED) is 0.764. The van der Waals surface area contributed by atoms with E-state index in [-0.39, 0.29) is 17.7 Å². The Morgan fingerprint density at radius 3 is 2.71 bits per heavy atom. The maximum Gasteiger partial charge on any atom is 0.229 e. The van der Waals surface area contributed by atoms with E-state index in [1.165, 1.54) is 0 Å². The number of nitrogens with two attached hydrogens (primary N) is 1. The first kappa shape index (κ1) is 15.8. The Labute approximate surface area is 125 Å². The predicted octanol–water partition coefficient (Wildman–Crippen LogP) is 1.37. The van der Waals surface area contributed by atoms with Crippen LogP contribution in [0.5, 0.6) is 0 Å². The summed E-state index contributed by atoms with van der Waals surface area (Å²) in [6.07, 6.45) is 3.96. The van der Waals surface area contributed by atoms with Gasteiger partial charge in [-0.1, -0.05) is 12.5 Å². The van der Waals surface area contributed by atoms with Crippen molar-refractivity contribution in [3.63, 3.8) is 0 Å². The maximum atomic E-state index is 12.3. The third-order valence-corrected chi connectivity index (χ3v) is 4.34. The highest BCUT2D eigenvalue weighted by molar-refractivity contribution is 7.92. The Hall–Kier alpha value is -1.60. The second-order valence-corrected chi connectivity index (χ2v) is 7.23. The fraction of sp³-hybridized carbons (Fsp3) is 0.500. The van der Waals surface area contributed by atoms with Crippen LogP contribution in [0.4, 0.5) is 11.4 Å². The average Bonchev–Trinajstić information content (AvgIpc) is 2.85.